The monoisotopic (exact) mass is 362 g/mol. The van der Waals surface area contributed by atoms with Gasteiger partial charge in [-0.25, -0.2) is 0 Å². The zero-order valence-electron chi connectivity index (χ0n) is 15.0. The maximum Gasteiger partial charge on any atom is 0.166 e. The van der Waals surface area contributed by atoms with Crippen molar-refractivity contribution in [3.63, 3.8) is 0 Å². The number of nitrogens with one attached hydrogen (secondary N) is 2. The fourth-order valence-corrected chi connectivity index (χ4v) is 2.69. The number of ether oxygens (including phenoxy) is 2. The van der Waals surface area contributed by atoms with E-state index < -0.39 is 0 Å². The van der Waals surface area contributed by atoms with Crippen LogP contribution < -0.4 is 20.1 Å². The van der Waals surface area contributed by atoms with Crippen LogP contribution in [0.3, 0.4) is 0 Å². The maximum atomic E-state index is 5.32. The minimum absolute atomic E-state index is 0.678. The third kappa shape index (κ3) is 5.94. The number of benzene rings is 1. The molecule has 2 aromatic rings. The number of hydrogen-bond acceptors (Lipinski definition) is 4. The van der Waals surface area contributed by atoms with Crippen LogP contribution in [0.25, 0.3) is 0 Å². The lowest BCUT2D eigenvalue weighted by Gasteiger charge is -2.12. The van der Waals surface area contributed by atoms with Gasteiger partial charge in [0.2, 0.25) is 0 Å². The molecular weight excluding hydrogens is 336 g/mol. The molecule has 7 heteroatoms. The van der Waals surface area contributed by atoms with Crippen LogP contribution in [0.5, 0.6) is 11.5 Å². The third-order valence-electron chi connectivity index (χ3n) is 3.91. The summed E-state index contributed by atoms with van der Waals surface area (Å²) >= 11 is 5.31. The SMILES string of the molecule is COc1ccc(CCNC(=S)NCCCn2nccc2C)cc1OC. The Bertz CT molecular complexity index is 687. The molecule has 2 N–H and O–H groups in total. The van der Waals surface area contributed by atoms with Crippen LogP contribution in [0.1, 0.15) is 17.7 Å². The Morgan fingerprint density at radius 1 is 1.12 bits per heavy atom. The highest BCUT2D eigenvalue weighted by molar-refractivity contribution is 7.80. The van der Waals surface area contributed by atoms with Gasteiger partial charge >= 0.3 is 0 Å². The molecule has 0 amide bonds. The molecule has 1 aromatic carbocycles. The van der Waals surface area contributed by atoms with Crippen LogP contribution in [-0.2, 0) is 13.0 Å². The fourth-order valence-electron chi connectivity index (χ4n) is 2.48. The van der Waals surface area contributed by atoms with Crippen LogP contribution in [0.2, 0.25) is 0 Å². The predicted molar refractivity (Wildman–Crippen MR) is 103 cm³/mol. The maximum absolute atomic E-state index is 5.32. The molecule has 0 saturated carbocycles. The van der Waals surface area contributed by atoms with E-state index in [2.05, 4.69) is 22.7 Å². The second-order valence-corrected chi connectivity index (χ2v) is 6.08. The van der Waals surface area contributed by atoms with Crippen molar-refractivity contribution in [2.24, 2.45) is 0 Å². The molecule has 6 nitrogen and oxygen atoms in total. The van der Waals surface area contributed by atoms with Gasteiger partial charge in [0.15, 0.2) is 16.6 Å². The standard InChI is InChI=1S/C18H26N4O2S/c1-14-7-11-21-22(14)12-4-9-19-18(25)20-10-8-15-5-6-16(23-2)17(13-15)24-3/h5-7,11,13H,4,8-10,12H2,1-3H3,(H2,19,20,25). The summed E-state index contributed by atoms with van der Waals surface area (Å²) in [4.78, 5) is 0. The van der Waals surface area contributed by atoms with Gasteiger partial charge in [0.1, 0.15) is 0 Å². The summed E-state index contributed by atoms with van der Waals surface area (Å²) in [6.45, 7) is 4.53. The van der Waals surface area contributed by atoms with Gasteiger partial charge in [0, 0.05) is 31.5 Å². The second-order valence-electron chi connectivity index (χ2n) is 5.67. The van der Waals surface area contributed by atoms with Crippen molar-refractivity contribution in [1.29, 1.82) is 0 Å². The van der Waals surface area contributed by atoms with Crippen LogP contribution in [0, 0.1) is 6.92 Å². The minimum Gasteiger partial charge on any atom is -0.493 e. The van der Waals surface area contributed by atoms with Crippen LogP contribution >= 0.6 is 12.2 Å². The van der Waals surface area contributed by atoms with E-state index in [0.29, 0.717) is 5.11 Å². The van der Waals surface area contributed by atoms with Crippen molar-refractivity contribution in [3.8, 4) is 11.5 Å². The fraction of sp³-hybridized carbons (Fsp3) is 0.444. The Morgan fingerprint density at radius 2 is 1.88 bits per heavy atom. The molecule has 136 valence electrons. The molecule has 1 heterocycles. The van der Waals surface area contributed by atoms with Gasteiger partial charge in [-0.2, -0.15) is 5.10 Å². The van der Waals surface area contributed by atoms with Gasteiger partial charge in [0.05, 0.1) is 14.2 Å². The van der Waals surface area contributed by atoms with E-state index in [1.54, 1.807) is 14.2 Å². The molecule has 1 aromatic heterocycles. The van der Waals surface area contributed by atoms with Gasteiger partial charge in [-0.3, -0.25) is 4.68 Å². The number of thiocarbonyl (C=S) groups is 1. The summed E-state index contributed by atoms with van der Waals surface area (Å²) in [6.07, 6.45) is 3.65. The van der Waals surface area contributed by atoms with Crippen LogP contribution in [-0.4, -0.2) is 42.2 Å². The van der Waals surface area contributed by atoms with E-state index in [4.69, 9.17) is 21.7 Å². The second kappa shape index (κ2) is 9.88. The third-order valence-corrected chi connectivity index (χ3v) is 4.20. The first kappa shape index (κ1) is 19.1. The summed E-state index contributed by atoms with van der Waals surface area (Å²) in [5.74, 6) is 1.48. The van der Waals surface area contributed by atoms with Gasteiger partial charge in [-0.1, -0.05) is 6.07 Å². The first-order valence-electron chi connectivity index (χ1n) is 8.35. The van der Waals surface area contributed by atoms with E-state index in [-0.39, 0.29) is 0 Å². The number of nitrogens with zero attached hydrogens (tertiary/aromatic N) is 2. The van der Waals surface area contributed by atoms with Crippen LogP contribution in [0.4, 0.5) is 0 Å². The Balaban J connectivity index is 1.64. The number of methoxy groups -OCH3 is 2. The van der Waals surface area contributed by atoms with E-state index in [1.807, 2.05) is 35.1 Å². The van der Waals surface area contributed by atoms with Crippen molar-refractivity contribution >= 4 is 17.3 Å². The van der Waals surface area contributed by atoms with Gasteiger partial charge < -0.3 is 20.1 Å². The summed E-state index contributed by atoms with van der Waals surface area (Å²) in [7, 11) is 3.28. The molecule has 0 atom stereocenters. The molecule has 0 unspecified atom stereocenters. The van der Waals surface area contributed by atoms with E-state index in [9.17, 15) is 0 Å². The first-order chi connectivity index (χ1) is 12.1. The highest BCUT2D eigenvalue weighted by atomic mass is 32.1. The quantitative estimate of drug-likeness (QED) is 0.527. The molecule has 0 spiro atoms. The minimum atomic E-state index is 0.678. The molecular formula is C18H26N4O2S. The number of aryl methyl sites for hydroxylation is 2. The van der Waals surface area contributed by atoms with Crippen molar-refractivity contribution in [3.05, 3.63) is 41.7 Å². The number of aromatic nitrogens is 2. The molecule has 0 fully saturated rings. The summed E-state index contributed by atoms with van der Waals surface area (Å²) < 4.78 is 12.6. The van der Waals surface area contributed by atoms with E-state index in [0.717, 1.165) is 44.0 Å². The van der Waals surface area contributed by atoms with Gasteiger partial charge in [-0.05, 0) is 55.7 Å². The molecule has 0 aliphatic carbocycles. The highest BCUT2D eigenvalue weighted by Gasteiger charge is 2.04. The van der Waals surface area contributed by atoms with Crippen molar-refractivity contribution in [2.45, 2.75) is 26.3 Å². The first-order valence-corrected chi connectivity index (χ1v) is 8.76. The molecule has 2 rings (SSSR count). The normalized spacial score (nSPS) is 10.4. The Hall–Kier alpha value is -2.28. The molecule has 0 aliphatic heterocycles. The Labute approximate surface area is 154 Å². The number of rotatable bonds is 9. The Morgan fingerprint density at radius 3 is 2.56 bits per heavy atom. The molecule has 25 heavy (non-hydrogen) atoms. The van der Waals surface area contributed by atoms with Crippen molar-refractivity contribution in [1.82, 2.24) is 20.4 Å². The lowest BCUT2D eigenvalue weighted by Crippen LogP contribution is -2.37. The van der Waals surface area contributed by atoms with Gasteiger partial charge in [0.25, 0.3) is 0 Å². The Kier molecular flexibility index (Phi) is 7.53. The van der Waals surface area contributed by atoms with E-state index >= 15 is 0 Å². The van der Waals surface area contributed by atoms with Crippen molar-refractivity contribution in [2.75, 3.05) is 27.3 Å². The largest absolute Gasteiger partial charge is 0.493 e. The molecule has 0 aliphatic rings. The predicted octanol–water partition coefficient (Wildman–Crippen LogP) is 2.31. The average molecular weight is 362 g/mol. The summed E-state index contributed by atoms with van der Waals surface area (Å²) in [6, 6.07) is 7.95. The molecule has 0 bridgehead atoms. The lowest BCUT2D eigenvalue weighted by molar-refractivity contribution is 0.354. The zero-order chi connectivity index (χ0) is 18.1. The van der Waals surface area contributed by atoms with E-state index in [1.165, 1.54) is 11.3 Å². The summed E-state index contributed by atoms with van der Waals surface area (Å²) in [5.41, 5.74) is 2.35. The summed E-state index contributed by atoms with van der Waals surface area (Å²) in [5, 5.41) is 11.4. The highest BCUT2D eigenvalue weighted by Crippen LogP contribution is 2.27. The molecule has 0 saturated heterocycles. The molecule has 0 radical (unpaired) electrons. The number of hydrogen-bond donors (Lipinski definition) is 2. The smallest absolute Gasteiger partial charge is 0.166 e. The van der Waals surface area contributed by atoms with Gasteiger partial charge in [-0.15, -0.1) is 0 Å². The van der Waals surface area contributed by atoms with Crippen LogP contribution in [0.15, 0.2) is 30.5 Å². The lowest BCUT2D eigenvalue weighted by atomic mass is 10.1. The topological polar surface area (TPSA) is 60.3 Å². The zero-order valence-corrected chi connectivity index (χ0v) is 15.9. The van der Waals surface area contributed by atoms with Crippen molar-refractivity contribution < 1.29 is 9.47 Å². The average Bonchev–Trinajstić information content (AvgIpc) is 3.03.